The van der Waals surface area contributed by atoms with Gasteiger partial charge in [-0.2, -0.15) is 5.26 Å². The van der Waals surface area contributed by atoms with E-state index in [0.29, 0.717) is 18.0 Å². The molecule has 1 aromatic carbocycles. The van der Waals surface area contributed by atoms with Gasteiger partial charge in [-0.05, 0) is 30.5 Å². The summed E-state index contributed by atoms with van der Waals surface area (Å²) in [7, 11) is 1.62. The predicted molar refractivity (Wildman–Crippen MR) is 97.2 cm³/mol. The smallest absolute Gasteiger partial charge is 0.322 e. The van der Waals surface area contributed by atoms with Crippen molar-refractivity contribution in [2.45, 2.75) is 33.7 Å². The van der Waals surface area contributed by atoms with Crippen molar-refractivity contribution in [1.29, 1.82) is 5.26 Å². The first-order chi connectivity index (χ1) is 11.4. The molecule has 0 saturated heterocycles. The van der Waals surface area contributed by atoms with Gasteiger partial charge in [0, 0.05) is 13.5 Å². The third-order valence-electron chi connectivity index (χ3n) is 3.50. The molecule has 0 fully saturated rings. The average Bonchev–Trinajstić information content (AvgIpc) is 2.91. The summed E-state index contributed by atoms with van der Waals surface area (Å²) in [6, 6.07) is 9.27. The van der Waals surface area contributed by atoms with Crippen molar-refractivity contribution in [3.8, 4) is 6.07 Å². The van der Waals surface area contributed by atoms with Crippen LogP contribution in [0.25, 0.3) is 0 Å². The van der Waals surface area contributed by atoms with Gasteiger partial charge in [0.15, 0.2) is 0 Å². The van der Waals surface area contributed by atoms with Crippen LogP contribution < -0.4 is 10.2 Å². The second-order valence-corrected chi connectivity index (χ2v) is 7.11. The highest BCUT2D eigenvalue weighted by Crippen LogP contribution is 2.31. The van der Waals surface area contributed by atoms with E-state index in [1.54, 1.807) is 35.4 Å². The molecular formula is C18H22N4OS. The molecule has 1 aromatic heterocycles. The van der Waals surface area contributed by atoms with Crippen molar-refractivity contribution >= 4 is 22.4 Å². The third kappa shape index (κ3) is 4.33. The predicted octanol–water partition coefficient (Wildman–Crippen LogP) is 3.87. The van der Waals surface area contributed by atoms with Gasteiger partial charge in [0.2, 0.25) is 0 Å². The number of carbonyl (C=O) groups is 1. The Morgan fingerprint density at radius 2 is 2.21 bits per heavy atom. The van der Waals surface area contributed by atoms with Crippen molar-refractivity contribution in [2.75, 3.05) is 11.9 Å². The quantitative estimate of drug-likeness (QED) is 0.897. The molecule has 126 valence electrons. The average molecular weight is 342 g/mol. The van der Waals surface area contributed by atoms with Crippen molar-refractivity contribution in [2.24, 2.45) is 5.92 Å². The van der Waals surface area contributed by atoms with E-state index in [9.17, 15) is 4.79 Å². The molecule has 5 nitrogen and oxygen atoms in total. The van der Waals surface area contributed by atoms with Gasteiger partial charge < -0.3 is 5.32 Å². The Kier molecular flexibility index (Phi) is 5.93. The van der Waals surface area contributed by atoms with Crippen molar-refractivity contribution in [3.63, 3.8) is 0 Å². The molecule has 0 unspecified atom stereocenters. The highest BCUT2D eigenvalue weighted by Gasteiger charge is 2.21. The van der Waals surface area contributed by atoms with Crippen molar-refractivity contribution < 1.29 is 4.79 Å². The second kappa shape index (κ2) is 7.93. The first kappa shape index (κ1) is 18.0. The monoisotopic (exact) mass is 342 g/mol. The van der Waals surface area contributed by atoms with Crippen LogP contribution in [-0.4, -0.2) is 18.1 Å². The van der Waals surface area contributed by atoms with Gasteiger partial charge in [0.05, 0.1) is 28.9 Å². The molecule has 0 saturated carbocycles. The molecule has 2 aromatic rings. The van der Waals surface area contributed by atoms with E-state index in [1.165, 1.54) is 0 Å². The number of carbonyl (C=O) groups excluding carboxylic acids is 1. The van der Waals surface area contributed by atoms with E-state index in [4.69, 9.17) is 5.26 Å². The fourth-order valence-corrected chi connectivity index (χ4v) is 3.70. The SMILES string of the molecule is CNC(=O)N(Cc1cccc(C#N)c1)c1sc(CC(C)C)nc1C. The molecule has 0 aliphatic rings. The minimum atomic E-state index is -0.180. The summed E-state index contributed by atoms with van der Waals surface area (Å²) in [6.07, 6.45) is 0.900. The number of rotatable bonds is 5. The number of nitriles is 1. The summed E-state index contributed by atoms with van der Waals surface area (Å²) in [5.41, 5.74) is 2.36. The maximum Gasteiger partial charge on any atom is 0.322 e. The Morgan fingerprint density at radius 3 is 2.83 bits per heavy atom. The third-order valence-corrected chi connectivity index (χ3v) is 4.70. The maximum absolute atomic E-state index is 12.4. The molecule has 0 aliphatic heterocycles. The molecule has 2 rings (SSSR count). The number of hydrogen-bond acceptors (Lipinski definition) is 4. The Morgan fingerprint density at radius 1 is 1.46 bits per heavy atom. The zero-order chi connectivity index (χ0) is 17.7. The molecule has 2 amide bonds. The summed E-state index contributed by atoms with van der Waals surface area (Å²) >= 11 is 1.56. The summed E-state index contributed by atoms with van der Waals surface area (Å²) < 4.78 is 0. The fourth-order valence-electron chi connectivity index (χ4n) is 2.42. The number of thiazole rings is 1. The van der Waals surface area contributed by atoms with Gasteiger partial charge in [-0.1, -0.05) is 26.0 Å². The standard InChI is InChI=1S/C18H22N4OS/c1-12(2)8-16-21-13(3)17(24-16)22(18(23)20-4)11-15-7-5-6-14(9-15)10-19/h5-7,9,12H,8,11H2,1-4H3,(H,20,23). The molecule has 0 aliphatic carbocycles. The second-order valence-electron chi connectivity index (χ2n) is 6.05. The fraction of sp³-hybridized carbons (Fsp3) is 0.389. The number of urea groups is 1. The molecule has 0 spiro atoms. The van der Waals surface area contributed by atoms with Crippen LogP contribution in [0.2, 0.25) is 0 Å². The summed E-state index contributed by atoms with van der Waals surface area (Å²) in [6.45, 7) is 6.64. The number of amides is 2. The van der Waals surface area contributed by atoms with Crippen LogP contribution in [-0.2, 0) is 13.0 Å². The highest BCUT2D eigenvalue weighted by molar-refractivity contribution is 7.16. The number of nitrogens with zero attached hydrogens (tertiary/aromatic N) is 3. The zero-order valence-corrected chi connectivity index (χ0v) is 15.3. The summed E-state index contributed by atoms with van der Waals surface area (Å²) in [5.74, 6) is 0.518. The van der Waals surface area contributed by atoms with Gasteiger partial charge >= 0.3 is 6.03 Å². The topological polar surface area (TPSA) is 69.0 Å². The number of nitrogens with one attached hydrogen (secondary N) is 1. The van der Waals surface area contributed by atoms with E-state index in [2.05, 4.69) is 30.2 Å². The largest absolute Gasteiger partial charge is 0.341 e. The van der Waals surface area contributed by atoms with Gasteiger partial charge in [0.1, 0.15) is 5.00 Å². The van der Waals surface area contributed by atoms with Crippen LogP contribution in [0.1, 0.15) is 35.7 Å². The van der Waals surface area contributed by atoms with Crippen molar-refractivity contribution in [1.82, 2.24) is 10.3 Å². The van der Waals surface area contributed by atoms with Crippen LogP contribution >= 0.6 is 11.3 Å². The van der Waals surface area contributed by atoms with Crippen LogP contribution in [0.5, 0.6) is 0 Å². The Labute approximate surface area is 146 Å². The first-order valence-corrected chi connectivity index (χ1v) is 8.70. The molecule has 24 heavy (non-hydrogen) atoms. The minimum absolute atomic E-state index is 0.180. The lowest BCUT2D eigenvalue weighted by atomic mass is 10.1. The minimum Gasteiger partial charge on any atom is -0.341 e. The summed E-state index contributed by atoms with van der Waals surface area (Å²) in [4.78, 5) is 18.7. The number of anilines is 1. The van der Waals surface area contributed by atoms with Gasteiger partial charge in [-0.25, -0.2) is 9.78 Å². The van der Waals surface area contributed by atoms with Crippen LogP contribution in [0.4, 0.5) is 9.80 Å². The van der Waals surface area contributed by atoms with Gasteiger partial charge in [0.25, 0.3) is 0 Å². The van der Waals surface area contributed by atoms with Crippen LogP contribution in [0.15, 0.2) is 24.3 Å². The Hall–Kier alpha value is -2.39. The molecule has 0 atom stereocenters. The van der Waals surface area contributed by atoms with Gasteiger partial charge in [-0.15, -0.1) is 11.3 Å². The van der Waals surface area contributed by atoms with E-state index < -0.39 is 0 Å². The highest BCUT2D eigenvalue weighted by atomic mass is 32.1. The molecule has 6 heteroatoms. The van der Waals surface area contributed by atoms with E-state index in [0.717, 1.165) is 27.7 Å². The normalized spacial score (nSPS) is 10.5. The van der Waals surface area contributed by atoms with E-state index >= 15 is 0 Å². The van der Waals surface area contributed by atoms with Crippen LogP contribution in [0, 0.1) is 24.2 Å². The summed E-state index contributed by atoms with van der Waals surface area (Å²) in [5, 5.41) is 13.6. The molecule has 0 radical (unpaired) electrons. The number of hydrogen-bond donors (Lipinski definition) is 1. The molecule has 0 bridgehead atoms. The first-order valence-electron chi connectivity index (χ1n) is 7.89. The maximum atomic E-state index is 12.4. The zero-order valence-electron chi connectivity index (χ0n) is 14.5. The number of aryl methyl sites for hydroxylation is 1. The molecular weight excluding hydrogens is 320 g/mol. The van der Waals surface area contributed by atoms with Crippen LogP contribution in [0.3, 0.4) is 0 Å². The lowest BCUT2D eigenvalue weighted by molar-refractivity contribution is 0.248. The van der Waals surface area contributed by atoms with E-state index in [1.807, 2.05) is 19.1 Å². The lowest BCUT2D eigenvalue weighted by Gasteiger charge is -2.21. The Bertz CT molecular complexity index is 761. The van der Waals surface area contributed by atoms with E-state index in [-0.39, 0.29) is 6.03 Å². The number of benzene rings is 1. The number of aromatic nitrogens is 1. The lowest BCUT2D eigenvalue weighted by Crippen LogP contribution is -2.37. The molecule has 1 N–H and O–H groups in total. The molecule has 1 heterocycles. The van der Waals surface area contributed by atoms with Crippen molar-refractivity contribution in [3.05, 3.63) is 46.1 Å². The van der Waals surface area contributed by atoms with Gasteiger partial charge in [-0.3, -0.25) is 4.90 Å². The Balaban J connectivity index is 2.33.